The molecule has 0 spiro atoms. The zero-order valence-electron chi connectivity index (χ0n) is 20.3. The Hall–Kier alpha value is -4.82. The molecule has 0 heterocycles. The van der Waals surface area contributed by atoms with E-state index in [1.165, 1.54) is 24.6 Å². The van der Waals surface area contributed by atoms with Crippen LogP contribution in [0.4, 0.5) is 22.7 Å². The Morgan fingerprint density at radius 1 is 0.650 bits per heavy atom. The highest BCUT2D eigenvalue weighted by Gasteiger charge is 2.18. The molecule has 0 fully saturated rings. The summed E-state index contributed by atoms with van der Waals surface area (Å²) in [7, 11) is 0. The Morgan fingerprint density at radius 2 is 1.00 bits per heavy atom. The second-order valence-corrected chi connectivity index (χ2v) is 9.54. The summed E-state index contributed by atoms with van der Waals surface area (Å²) in [6.45, 7) is 0. The van der Waals surface area contributed by atoms with Crippen molar-refractivity contribution in [3.63, 3.8) is 0 Å². The van der Waals surface area contributed by atoms with Crippen molar-refractivity contribution >= 4 is 67.0 Å². The van der Waals surface area contributed by atoms with Gasteiger partial charge in [-0.1, -0.05) is 68.3 Å². The second-order valence-electron chi connectivity index (χ2n) is 7.71. The van der Waals surface area contributed by atoms with Crippen LogP contribution >= 0.6 is 31.9 Å². The van der Waals surface area contributed by atoms with Gasteiger partial charge < -0.3 is 10.2 Å². The summed E-state index contributed by atoms with van der Waals surface area (Å²) in [6, 6.07) is 24.0. The van der Waals surface area contributed by atoms with Gasteiger partial charge in [-0.2, -0.15) is 10.2 Å². The van der Waals surface area contributed by atoms with Gasteiger partial charge >= 0.3 is 11.4 Å². The van der Waals surface area contributed by atoms with Crippen molar-refractivity contribution in [1.82, 2.24) is 0 Å². The van der Waals surface area contributed by atoms with Gasteiger partial charge in [0.15, 0.2) is 0 Å². The first-order chi connectivity index (χ1) is 19.2. The third-order valence-electron chi connectivity index (χ3n) is 4.90. The van der Waals surface area contributed by atoms with Crippen molar-refractivity contribution in [2.24, 2.45) is 10.2 Å². The number of aromatic hydroxyl groups is 2. The summed E-state index contributed by atoms with van der Waals surface area (Å²) in [5.74, 6) is -0.839. The van der Waals surface area contributed by atoms with E-state index in [4.69, 9.17) is 0 Å². The number of anilines is 2. The minimum atomic E-state index is -0.651. The number of hydrazone groups is 2. The van der Waals surface area contributed by atoms with Crippen LogP contribution in [0.25, 0.3) is 0 Å². The van der Waals surface area contributed by atoms with Gasteiger partial charge in [-0.05, 0) is 36.4 Å². The monoisotopic (exact) mass is 670 g/mol. The smallest absolute Gasteiger partial charge is 0.312 e. The minimum Gasteiger partial charge on any atom is -0.502 e. The van der Waals surface area contributed by atoms with E-state index < -0.39 is 21.3 Å². The maximum absolute atomic E-state index is 10.8. The standard InChI is InChI=1S/2C13H10BrN3O3/c2*14-10-6-9(13(18)12(7-10)17(19)20)8-15-16-11-4-2-1-3-5-11/h2*1-8,16,18H/b2*15-8+. The largest absolute Gasteiger partial charge is 0.502 e. The number of hydrogen-bond donors (Lipinski definition) is 4. The predicted molar refractivity (Wildman–Crippen MR) is 160 cm³/mol. The highest BCUT2D eigenvalue weighted by Crippen LogP contribution is 2.33. The van der Waals surface area contributed by atoms with E-state index in [-0.39, 0.29) is 22.5 Å². The zero-order chi connectivity index (χ0) is 29.1. The highest BCUT2D eigenvalue weighted by molar-refractivity contribution is 9.10. The molecule has 14 heteroatoms. The molecule has 0 amide bonds. The van der Waals surface area contributed by atoms with E-state index >= 15 is 0 Å². The fourth-order valence-corrected chi connectivity index (χ4v) is 3.99. The number of phenols is 2. The number of nitro benzene ring substituents is 2. The van der Waals surface area contributed by atoms with Gasteiger partial charge in [0.1, 0.15) is 0 Å². The van der Waals surface area contributed by atoms with Gasteiger partial charge in [0.2, 0.25) is 11.5 Å². The van der Waals surface area contributed by atoms with Crippen LogP contribution in [0.3, 0.4) is 0 Å². The minimum absolute atomic E-state index is 0.245. The predicted octanol–water partition coefficient (Wildman–Crippen LogP) is 7.02. The number of nitrogens with zero attached hydrogens (tertiary/aromatic N) is 4. The lowest BCUT2D eigenvalue weighted by Gasteiger charge is -2.02. The maximum atomic E-state index is 10.8. The second kappa shape index (κ2) is 14.4. The molecule has 0 saturated heterocycles. The lowest BCUT2D eigenvalue weighted by molar-refractivity contribution is -0.386. The quantitative estimate of drug-likeness (QED) is 0.0878. The molecule has 4 N–H and O–H groups in total. The normalized spacial score (nSPS) is 10.7. The molecule has 0 aromatic heterocycles. The molecule has 4 aromatic rings. The maximum Gasteiger partial charge on any atom is 0.312 e. The van der Waals surface area contributed by atoms with Gasteiger partial charge in [-0.3, -0.25) is 31.1 Å². The van der Waals surface area contributed by atoms with Crippen LogP contribution in [0.5, 0.6) is 11.5 Å². The van der Waals surface area contributed by atoms with Crippen molar-refractivity contribution in [1.29, 1.82) is 0 Å². The zero-order valence-corrected chi connectivity index (χ0v) is 23.5. The molecule has 0 saturated carbocycles. The number of rotatable bonds is 8. The van der Waals surface area contributed by atoms with Crippen molar-refractivity contribution in [2.75, 3.05) is 10.9 Å². The molecule has 0 atom stereocenters. The van der Waals surface area contributed by atoms with E-state index in [0.29, 0.717) is 8.95 Å². The van der Waals surface area contributed by atoms with Crippen LogP contribution in [0.1, 0.15) is 11.1 Å². The SMILES string of the molecule is O=[N+]([O-])c1cc(Br)cc(/C=N/Nc2ccccc2)c1O.O=[N+]([O-])c1cc(Br)cc(/C=N/Nc2ccccc2)c1O. The molecule has 0 aliphatic heterocycles. The highest BCUT2D eigenvalue weighted by atomic mass is 79.9. The number of halogens is 2. The number of hydrogen-bond acceptors (Lipinski definition) is 10. The lowest BCUT2D eigenvalue weighted by Crippen LogP contribution is -1.94. The molecule has 0 bridgehead atoms. The molecule has 0 aliphatic rings. The van der Waals surface area contributed by atoms with Gasteiger partial charge in [0, 0.05) is 32.2 Å². The molecule has 204 valence electrons. The van der Waals surface area contributed by atoms with E-state index in [9.17, 15) is 30.4 Å². The van der Waals surface area contributed by atoms with Crippen LogP contribution < -0.4 is 10.9 Å². The molecule has 12 nitrogen and oxygen atoms in total. The average molecular weight is 672 g/mol. The van der Waals surface area contributed by atoms with Crippen LogP contribution in [-0.2, 0) is 0 Å². The number of phenolic OH excluding ortho intramolecular Hbond substituents is 2. The number of nitro groups is 2. The summed E-state index contributed by atoms with van der Waals surface area (Å²) < 4.78 is 0.978. The molecule has 4 rings (SSSR count). The first kappa shape index (κ1) is 29.7. The number of para-hydroxylation sites is 2. The summed E-state index contributed by atoms with van der Waals surface area (Å²) >= 11 is 6.31. The van der Waals surface area contributed by atoms with Gasteiger partial charge in [0.05, 0.1) is 33.7 Å². The van der Waals surface area contributed by atoms with Crippen LogP contribution in [0.2, 0.25) is 0 Å². The van der Waals surface area contributed by atoms with Crippen molar-refractivity contribution in [2.45, 2.75) is 0 Å². The molecule has 0 radical (unpaired) electrons. The lowest BCUT2D eigenvalue weighted by atomic mass is 10.2. The third kappa shape index (κ3) is 8.61. The molecular formula is C26H20Br2N6O6. The fourth-order valence-electron chi connectivity index (χ4n) is 3.06. The Kier molecular flexibility index (Phi) is 10.7. The van der Waals surface area contributed by atoms with Crippen molar-refractivity contribution < 1.29 is 20.1 Å². The number of nitrogens with one attached hydrogen (secondary N) is 2. The topological polar surface area (TPSA) is 176 Å². The van der Waals surface area contributed by atoms with Crippen LogP contribution in [0.15, 0.2) is 104 Å². The Balaban J connectivity index is 0.000000220. The van der Waals surface area contributed by atoms with Gasteiger partial charge in [-0.15, -0.1) is 0 Å². The molecular weight excluding hydrogens is 652 g/mol. The molecule has 4 aromatic carbocycles. The molecule has 0 aliphatic carbocycles. The van der Waals surface area contributed by atoms with E-state index in [0.717, 1.165) is 11.4 Å². The average Bonchev–Trinajstić information content (AvgIpc) is 2.93. The Bertz CT molecular complexity index is 1440. The summed E-state index contributed by atoms with van der Waals surface area (Å²) in [6.07, 6.45) is 2.64. The van der Waals surface area contributed by atoms with Crippen LogP contribution in [-0.4, -0.2) is 32.5 Å². The first-order valence-electron chi connectivity index (χ1n) is 11.2. The molecule has 40 heavy (non-hydrogen) atoms. The Labute approximate surface area is 244 Å². The molecule has 0 unspecified atom stereocenters. The summed E-state index contributed by atoms with van der Waals surface area (Å²) in [5, 5.41) is 49.0. The summed E-state index contributed by atoms with van der Waals surface area (Å²) in [4.78, 5) is 20.3. The number of benzene rings is 4. The summed E-state index contributed by atoms with van der Waals surface area (Å²) in [5.41, 5.74) is 6.81. The first-order valence-corrected chi connectivity index (χ1v) is 12.8. The van der Waals surface area contributed by atoms with E-state index in [1.54, 1.807) is 12.1 Å². The van der Waals surface area contributed by atoms with Crippen LogP contribution in [0, 0.1) is 20.2 Å². The van der Waals surface area contributed by atoms with E-state index in [1.807, 2.05) is 60.7 Å². The Morgan fingerprint density at radius 3 is 1.32 bits per heavy atom. The van der Waals surface area contributed by atoms with Crippen molar-refractivity contribution in [3.05, 3.63) is 125 Å². The van der Waals surface area contributed by atoms with Crippen molar-refractivity contribution in [3.8, 4) is 11.5 Å². The van der Waals surface area contributed by atoms with Gasteiger partial charge in [-0.25, -0.2) is 0 Å². The third-order valence-corrected chi connectivity index (χ3v) is 5.82. The van der Waals surface area contributed by atoms with E-state index in [2.05, 4.69) is 52.9 Å². The van der Waals surface area contributed by atoms with Gasteiger partial charge in [0.25, 0.3) is 0 Å². The fraction of sp³-hybridized carbons (Fsp3) is 0.